The quantitative estimate of drug-likeness (QED) is 0.245. The molecule has 3 rings (SSSR count). The molecule has 2 aromatic heterocycles. The number of nitrogens with zero attached hydrogens (tertiary/aromatic N) is 3. The van der Waals surface area contributed by atoms with Crippen molar-refractivity contribution in [3.63, 3.8) is 0 Å². The van der Waals surface area contributed by atoms with Gasteiger partial charge in [0, 0.05) is 43.5 Å². The van der Waals surface area contributed by atoms with E-state index >= 15 is 0 Å². The Morgan fingerprint density at radius 3 is 2.28 bits per heavy atom. The number of carbonyl (C=O) groups is 2. The number of imidazole rings is 1. The standard InChI is InChI=1S/C29H41N3O3Si/c1-19(2)29(5,6)36(9,10)35-26-23(16-17-25(33)22-14-12-11-13-15-22)24(28(34)31(7)8)18-32-21(4)20(3)30-27(26)32/h11-15,18-19H,16-17H2,1-10H3. The highest BCUT2D eigenvalue weighted by atomic mass is 28.4. The van der Waals surface area contributed by atoms with E-state index in [0.717, 1.165) is 17.0 Å². The van der Waals surface area contributed by atoms with Gasteiger partial charge in [-0.15, -0.1) is 0 Å². The summed E-state index contributed by atoms with van der Waals surface area (Å²) in [4.78, 5) is 32.9. The Kier molecular flexibility index (Phi) is 7.84. The van der Waals surface area contributed by atoms with Gasteiger partial charge in [0.1, 0.15) is 0 Å². The monoisotopic (exact) mass is 507 g/mol. The lowest BCUT2D eigenvalue weighted by Crippen LogP contribution is -2.48. The Balaban J connectivity index is 2.23. The van der Waals surface area contributed by atoms with Gasteiger partial charge in [-0.05, 0) is 44.3 Å². The highest BCUT2D eigenvalue weighted by molar-refractivity contribution is 6.75. The summed E-state index contributed by atoms with van der Waals surface area (Å²) in [5.41, 5.74) is 4.55. The van der Waals surface area contributed by atoms with Gasteiger partial charge >= 0.3 is 0 Å². The fourth-order valence-electron chi connectivity index (χ4n) is 4.28. The van der Waals surface area contributed by atoms with Crippen molar-refractivity contribution in [3.8, 4) is 5.75 Å². The number of hydrogen-bond acceptors (Lipinski definition) is 4. The topological polar surface area (TPSA) is 63.9 Å². The van der Waals surface area contributed by atoms with Crippen LogP contribution in [0.2, 0.25) is 18.1 Å². The van der Waals surface area contributed by atoms with E-state index in [2.05, 4.69) is 40.8 Å². The minimum absolute atomic E-state index is 0.0411. The molecular weight excluding hydrogens is 466 g/mol. The Hall–Kier alpha value is -2.93. The molecule has 0 N–H and O–H groups in total. The smallest absolute Gasteiger partial charge is 0.255 e. The summed E-state index contributed by atoms with van der Waals surface area (Å²) in [6, 6.07) is 9.30. The third-order valence-corrected chi connectivity index (χ3v) is 12.5. The van der Waals surface area contributed by atoms with E-state index in [4.69, 9.17) is 9.41 Å². The highest BCUT2D eigenvalue weighted by Crippen LogP contribution is 2.46. The van der Waals surface area contributed by atoms with Gasteiger partial charge in [0.15, 0.2) is 17.2 Å². The highest BCUT2D eigenvalue weighted by Gasteiger charge is 2.46. The number of fused-ring (bicyclic) bond motifs is 1. The molecule has 36 heavy (non-hydrogen) atoms. The molecule has 194 valence electrons. The van der Waals surface area contributed by atoms with Gasteiger partial charge in [0.2, 0.25) is 0 Å². The molecule has 0 aliphatic heterocycles. The average Bonchev–Trinajstić information content (AvgIpc) is 3.11. The van der Waals surface area contributed by atoms with Crippen LogP contribution in [0.25, 0.3) is 5.65 Å². The second-order valence-electron chi connectivity index (χ2n) is 11.3. The van der Waals surface area contributed by atoms with Crippen LogP contribution in [0.1, 0.15) is 71.8 Å². The molecular formula is C29H41N3O3Si. The molecule has 0 atom stereocenters. The van der Waals surface area contributed by atoms with Gasteiger partial charge in [0.25, 0.3) is 14.2 Å². The zero-order valence-electron chi connectivity index (χ0n) is 23.5. The average molecular weight is 508 g/mol. The van der Waals surface area contributed by atoms with Gasteiger partial charge in [-0.1, -0.05) is 58.0 Å². The fourth-order valence-corrected chi connectivity index (χ4v) is 6.66. The van der Waals surface area contributed by atoms with Crippen LogP contribution >= 0.6 is 0 Å². The maximum Gasteiger partial charge on any atom is 0.255 e. The zero-order chi connectivity index (χ0) is 27.0. The Morgan fingerprint density at radius 1 is 1.11 bits per heavy atom. The molecule has 7 heteroatoms. The van der Waals surface area contributed by atoms with Crippen LogP contribution in [0.5, 0.6) is 5.75 Å². The molecule has 2 heterocycles. The lowest BCUT2D eigenvalue weighted by Gasteiger charge is -2.43. The number of ketones is 1. The van der Waals surface area contributed by atoms with Gasteiger partial charge < -0.3 is 13.7 Å². The molecule has 0 radical (unpaired) electrons. The van der Waals surface area contributed by atoms with E-state index in [1.54, 1.807) is 19.0 Å². The molecule has 0 aliphatic carbocycles. The molecule has 0 saturated heterocycles. The number of pyridine rings is 1. The van der Waals surface area contributed by atoms with Crippen molar-refractivity contribution in [2.45, 2.75) is 72.5 Å². The predicted octanol–water partition coefficient (Wildman–Crippen LogP) is 6.49. The van der Waals surface area contributed by atoms with Crippen molar-refractivity contribution >= 4 is 25.7 Å². The molecule has 1 aromatic carbocycles. The summed E-state index contributed by atoms with van der Waals surface area (Å²) in [5.74, 6) is 0.981. The number of amides is 1. The maximum absolute atomic E-state index is 13.4. The molecule has 6 nitrogen and oxygen atoms in total. The molecule has 0 bridgehead atoms. The number of carbonyl (C=O) groups excluding carboxylic acids is 2. The second kappa shape index (κ2) is 10.2. The molecule has 0 spiro atoms. The first kappa shape index (κ1) is 27.7. The normalized spacial score (nSPS) is 12.3. The van der Waals surface area contributed by atoms with E-state index < -0.39 is 8.32 Å². The number of Topliss-reactive ketones (excluding diaryl/α,β-unsaturated/α-hetero) is 1. The number of aryl methyl sites for hydroxylation is 2. The number of benzene rings is 1. The summed E-state index contributed by atoms with van der Waals surface area (Å²) in [6.45, 7) is 17.4. The SMILES string of the molecule is Cc1nc2c(O[Si](C)(C)C(C)(C)C(C)C)c(CCC(=O)c3ccccc3)c(C(=O)N(C)C)cn2c1C. The van der Waals surface area contributed by atoms with Crippen molar-refractivity contribution < 1.29 is 14.0 Å². The Morgan fingerprint density at radius 2 is 1.72 bits per heavy atom. The summed E-state index contributed by atoms with van der Waals surface area (Å²) in [6.07, 6.45) is 2.54. The minimum atomic E-state index is -2.36. The predicted molar refractivity (Wildman–Crippen MR) is 149 cm³/mol. The van der Waals surface area contributed by atoms with E-state index in [1.165, 1.54) is 0 Å². The first-order valence-electron chi connectivity index (χ1n) is 12.7. The molecule has 0 saturated carbocycles. The molecule has 0 fully saturated rings. The number of aromatic nitrogens is 2. The minimum Gasteiger partial charge on any atom is -0.541 e. The van der Waals surface area contributed by atoms with Crippen LogP contribution < -0.4 is 4.43 Å². The van der Waals surface area contributed by atoms with Crippen molar-refractivity contribution in [2.24, 2.45) is 5.92 Å². The first-order chi connectivity index (χ1) is 16.7. The van der Waals surface area contributed by atoms with Crippen LogP contribution in [-0.4, -0.2) is 48.4 Å². The van der Waals surface area contributed by atoms with Crippen molar-refractivity contribution in [1.29, 1.82) is 0 Å². The molecule has 1 amide bonds. The zero-order valence-corrected chi connectivity index (χ0v) is 24.5. The lowest BCUT2D eigenvalue weighted by molar-refractivity contribution is 0.0824. The summed E-state index contributed by atoms with van der Waals surface area (Å²) >= 11 is 0. The summed E-state index contributed by atoms with van der Waals surface area (Å²) in [7, 11) is 1.14. The Bertz CT molecular complexity index is 1270. The molecule has 3 aromatic rings. The van der Waals surface area contributed by atoms with Crippen molar-refractivity contribution in [2.75, 3.05) is 14.1 Å². The van der Waals surface area contributed by atoms with Crippen molar-refractivity contribution in [1.82, 2.24) is 14.3 Å². The fraction of sp³-hybridized carbons (Fsp3) is 0.483. The third kappa shape index (κ3) is 5.12. The molecule has 0 unspecified atom stereocenters. The van der Waals surface area contributed by atoms with E-state index in [9.17, 15) is 9.59 Å². The van der Waals surface area contributed by atoms with Gasteiger partial charge in [-0.3, -0.25) is 9.59 Å². The molecule has 0 aliphatic rings. The lowest BCUT2D eigenvalue weighted by atomic mass is 9.98. The van der Waals surface area contributed by atoms with E-state index in [-0.39, 0.29) is 23.1 Å². The van der Waals surface area contributed by atoms with Gasteiger partial charge in [-0.25, -0.2) is 4.98 Å². The van der Waals surface area contributed by atoms with Crippen LogP contribution in [0.15, 0.2) is 36.5 Å². The van der Waals surface area contributed by atoms with Crippen LogP contribution in [0.4, 0.5) is 0 Å². The van der Waals surface area contributed by atoms with Crippen LogP contribution in [-0.2, 0) is 6.42 Å². The van der Waals surface area contributed by atoms with Gasteiger partial charge in [0.05, 0.1) is 11.3 Å². The summed E-state index contributed by atoms with van der Waals surface area (Å²) < 4.78 is 8.99. The maximum atomic E-state index is 13.4. The largest absolute Gasteiger partial charge is 0.541 e. The first-order valence-corrected chi connectivity index (χ1v) is 15.6. The van der Waals surface area contributed by atoms with Gasteiger partial charge in [-0.2, -0.15) is 0 Å². The second-order valence-corrected chi connectivity index (χ2v) is 15.8. The summed E-state index contributed by atoms with van der Waals surface area (Å²) in [5, 5.41) is -0.0423. The Labute approximate surface area is 216 Å². The van der Waals surface area contributed by atoms with E-state index in [0.29, 0.717) is 34.9 Å². The van der Waals surface area contributed by atoms with Crippen LogP contribution in [0, 0.1) is 19.8 Å². The third-order valence-electron chi connectivity index (χ3n) is 8.13. The number of hydrogen-bond donors (Lipinski definition) is 0. The van der Waals surface area contributed by atoms with E-state index in [1.807, 2.05) is 54.8 Å². The van der Waals surface area contributed by atoms with Crippen LogP contribution in [0.3, 0.4) is 0 Å². The number of rotatable bonds is 9. The van der Waals surface area contributed by atoms with Crippen molar-refractivity contribution in [3.05, 3.63) is 64.6 Å².